The molecular weight excluding hydrogens is 316 g/mol. The molecule has 1 saturated heterocycles. The minimum Gasteiger partial charge on any atom is -0.444 e. The molecule has 0 aromatic heterocycles. The summed E-state index contributed by atoms with van der Waals surface area (Å²) in [7, 11) is 0. The van der Waals surface area contributed by atoms with Crippen molar-refractivity contribution >= 4 is 29.3 Å². The van der Waals surface area contributed by atoms with E-state index in [2.05, 4.69) is 5.32 Å². The minimum absolute atomic E-state index is 0.0237. The minimum atomic E-state index is -0.633. The number of halogens is 1. The van der Waals surface area contributed by atoms with Crippen LogP contribution in [0.15, 0.2) is 18.2 Å². The van der Waals surface area contributed by atoms with Crippen molar-refractivity contribution in [3.63, 3.8) is 0 Å². The molecule has 124 valence electrons. The summed E-state index contributed by atoms with van der Waals surface area (Å²) in [6.07, 6.45) is 0.772. The molecule has 2 amide bonds. The van der Waals surface area contributed by atoms with E-state index in [1.807, 2.05) is 39.0 Å². The fourth-order valence-electron chi connectivity index (χ4n) is 3.34. The number of amides is 2. The van der Waals surface area contributed by atoms with Crippen molar-refractivity contribution < 1.29 is 14.3 Å². The molecule has 1 aromatic carbocycles. The highest BCUT2D eigenvalue weighted by atomic mass is 35.5. The summed E-state index contributed by atoms with van der Waals surface area (Å²) in [6, 6.07) is 5.51. The summed E-state index contributed by atoms with van der Waals surface area (Å²) in [4.78, 5) is 26.4. The van der Waals surface area contributed by atoms with E-state index in [0.29, 0.717) is 31.0 Å². The van der Waals surface area contributed by atoms with E-state index in [1.54, 1.807) is 4.90 Å². The van der Waals surface area contributed by atoms with Crippen molar-refractivity contribution in [1.82, 2.24) is 4.90 Å². The van der Waals surface area contributed by atoms with Gasteiger partial charge in [0.05, 0.1) is 5.41 Å². The summed E-state index contributed by atoms with van der Waals surface area (Å²) in [5.41, 5.74) is 0.503. The summed E-state index contributed by atoms with van der Waals surface area (Å²) in [6.45, 7) is 6.49. The first kappa shape index (κ1) is 16.1. The Balaban J connectivity index is 1.79. The number of benzene rings is 1. The zero-order chi connectivity index (χ0) is 16.8. The van der Waals surface area contributed by atoms with Gasteiger partial charge in [0, 0.05) is 29.4 Å². The second-order valence-corrected chi connectivity index (χ2v) is 7.57. The standard InChI is InChI=1S/C17H21ClN2O3/c1-16(2,3)23-15(22)20-9-7-17(8-10-20)13-11(18)5-4-6-12(13)19-14(17)21/h4-6H,7-10H2,1-3H3,(H,19,21). The Labute approximate surface area is 140 Å². The van der Waals surface area contributed by atoms with Crippen LogP contribution in [0.1, 0.15) is 39.2 Å². The van der Waals surface area contributed by atoms with Crippen LogP contribution in [0.4, 0.5) is 10.5 Å². The van der Waals surface area contributed by atoms with E-state index in [-0.39, 0.29) is 12.0 Å². The molecule has 0 aliphatic carbocycles. The largest absolute Gasteiger partial charge is 0.444 e. The first-order chi connectivity index (χ1) is 10.7. The van der Waals surface area contributed by atoms with Gasteiger partial charge in [-0.1, -0.05) is 17.7 Å². The number of hydrogen-bond acceptors (Lipinski definition) is 3. The molecule has 1 spiro atoms. The molecule has 6 heteroatoms. The molecule has 0 saturated carbocycles. The average molecular weight is 337 g/mol. The summed E-state index contributed by atoms with van der Waals surface area (Å²) >= 11 is 6.35. The maximum Gasteiger partial charge on any atom is 0.410 e. The third kappa shape index (κ3) is 2.78. The third-order valence-corrected chi connectivity index (χ3v) is 4.76. The van der Waals surface area contributed by atoms with Crippen LogP contribution in [0.5, 0.6) is 0 Å². The molecule has 1 aromatic rings. The van der Waals surface area contributed by atoms with Crippen molar-refractivity contribution in [3.8, 4) is 0 Å². The van der Waals surface area contributed by atoms with Gasteiger partial charge in [-0.05, 0) is 45.7 Å². The van der Waals surface area contributed by atoms with Crippen molar-refractivity contribution in [3.05, 3.63) is 28.8 Å². The SMILES string of the molecule is CC(C)(C)OC(=O)N1CCC2(CC1)C(=O)Nc1cccc(Cl)c12. The second kappa shape index (κ2) is 5.41. The van der Waals surface area contributed by atoms with Crippen molar-refractivity contribution in [2.24, 2.45) is 0 Å². The van der Waals surface area contributed by atoms with E-state index >= 15 is 0 Å². The first-order valence-electron chi connectivity index (χ1n) is 7.81. The van der Waals surface area contributed by atoms with Gasteiger partial charge in [-0.3, -0.25) is 4.79 Å². The van der Waals surface area contributed by atoms with Gasteiger partial charge in [0.25, 0.3) is 0 Å². The Kier molecular flexibility index (Phi) is 3.79. The van der Waals surface area contributed by atoms with E-state index in [0.717, 1.165) is 11.3 Å². The van der Waals surface area contributed by atoms with E-state index in [4.69, 9.17) is 16.3 Å². The van der Waals surface area contributed by atoms with Gasteiger partial charge < -0.3 is 15.0 Å². The van der Waals surface area contributed by atoms with Crippen LogP contribution in [-0.2, 0) is 14.9 Å². The van der Waals surface area contributed by atoms with Gasteiger partial charge in [0.1, 0.15) is 5.60 Å². The summed E-state index contributed by atoms with van der Waals surface area (Å²) in [5, 5.41) is 3.53. The molecule has 1 N–H and O–H groups in total. The molecule has 0 radical (unpaired) electrons. The maximum absolute atomic E-state index is 12.6. The number of carbonyl (C=O) groups excluding carboxylic acids is 2. The zero-order valence-corrected chi connectivity index (χ0v) is 14.4. The Morgan fingerprint density at radius 3 is 2.57 bits per heavy atom. The molecule has 3 rings (SSSR count). The van der Waals surface area contributed by atoms with Gasteiger partial charge in [0.15, 0.2) is 0 Å². The quantitative estimate of drug-likeness (QED) is 0.788. The second-order valence-electron chi connectivity index (χ2n) is 7.17. The van der Waals surface area contributed by atoms with Crippen LogP contribution < -0.4 is 5.32 Å². The lowest BCUT2D eigenvalue weighted by Gasteiger charge is -2.38. The van der Waals surface area contributed by atoms with Crippen LogP contribution >= 0.6 is 11.6 Å². The van der Waals surface area contributed by atoms with Crippen LogP contribution in [0.25, 0.3) is 0 Å². The van der Waals surface area contributed by atoms with Crippen molar-refractivity contribution in [1.29, 1.82) is 0 Å². The van der Waals surface area contributed by atoms with Gasteiger partial charge in [-0.15, -0.1) is 0 Å². The molecule has 2 heterocycles. The number of rotatable bonds is 0. The maximum atomic E-state index is 12.6. The van der Waals surface area contributed by atoms with Crippen LogP contribution in [-0.4, -0.2) is 35.6 Å². The Morgan fingerprint density at radius 2 is 1.96 bits per heavy atom. The predicted octanol–water partition coefficient (Wildman–Crippen LogP) is 3.56. The molecular formula is C17H21ClN2O3. The molecule has 0 atom stereocenters. The fraction of sp³-hybridized carbons (Fsp3) is 0.529. The number of hydrogen-bond donors (Lipinski definition) is 1. The molecule has 1 fully saturated rings. The molecule has 23 heavy (non-hydrogen) atoms. The number of carbonyl (C=O) groups is 2. The highest BCUT2D eigenvalue weighted by molar-refractivity contribution is 6.33. The number of nitrogens with zero attached hydrogens (tertiary/aromatic N) is 1. The number of likely N-dealkylation sites (tertiary alicyclic amines) is 1. The molecule has 0 bridgehead atoms. The van der Waals surface area contributed by atoms with E-state index in [9.17, 15) is 9.59 Å². The van der Waals surface area contributed by atoms with Gasteiger partial charge in [-0.25, -0.2) is 4.79 Å². The van der Waals surface area contributed by atoms with Crippen molar-refractivity contribution in [2.45, 2.75) is 44.6 Å². The highest BCUT2D eigenvalue weighted by Crippen LogP contribution is 2.48. The number of fused-ring (bicyclic) bond motifs is 2. The lowest BCUT2D eigenvalue weighted by molar-refractivity contribution is -0.122. The van der Waals surface area contributed by atoms with Gasteiger partial charge in [-0.2, -0.15) is 0 Å². The summed E-state index contributed by atoms with van der Waals surface area (Å²) < 4.78 is 5.41. The number of ether oxygens (including phenoxy) is 1. The molecule has 2 aliphatic heterocycles. The lowest BCUT2D eigenvalue weighted by Crippen LogP contribution is -2.49. The third-order valence-electron chi connectivity index (χ3n) is 4.44. The normalized spacial score (nSPS) is 19.5. The average Bonchev–Trinajstić information content (AvgIpc) is 2.71. The zero-order valence-electron chi connectivity index (χ0n) is 13.6. The molecule has 2 aliphatic rings. The van der Waals surface area contributed by atoms with Crippen molar-refractivity contribution in [2.75, 3.05) is 18.4 Å². The van der Waals surface area contributed by atoms with E-state index < -0.39 is 11.0 Å². The number of anilines is 1. The summed E-state index contributed by atoms with van der Waals surface area (Å²) in [5.74, 6) is -0.0237. The fourth-order valence-corrected chi connectivity index (χ4v) is 3.70. The predicted molar refractivity (Wildman–Crippen MR) is 88.8 cm³/mol. The monoisotopic (exact) mass is 336 g/mol. The van der Waals surface area contributed by atoms with Crippen LogP contribution in [0, 0.1) is 0 Å². The van der Waals surface area contributed by atoms with Crippen LogP contribution in [0.2, 0.25) is 5.02 Å². The molecule has 0 unspecified atom stereocenters. The topological polar surface area (TPSA) is 58.6 Å². The van der Waals surface area contributed by atoms with Gasteiger partial charge >= 0.3 is 6.09 Å². The first-order valence-corrected chi connectivity index (χ1v) is 8.19. The van der Waals surface area contributed by atoms with Crippen LogP contribution in [0.3, 0.4) is 0 Å². The Bertz CT molecular complexity index is 658. The number of piperidine rings is 1. The molecule has 5 nitrogen and oxygen atoms in total. The highest BCUT2D eigenvalue weighted by Gasteiger charge is 2.50. The Hall–Kier alpha value is -1.75. The lowest BCUT2D eigenvalue weighted by atomic mass is 9.73. The van der Waals surface area contributed by atoms with Gasteiger partial charge in [0.2, 0.25) is 5.91 Å². The smallest absolute Gasteiger partial charge is 0.410 e. The Morgan fingerprint density at radius 1 is 1.30 bits per heavy atom. The van der Waals surface area contributed by atoms with E-state index in [1.165, 1.54) is 0 Å². The number of nitrogens with one attached hydrogen (secondary N) is 1.